The van der Waals surface area contributed by atoms with Gasteiger partial charge in [-0.05, 0) is 32.0 Å². The topological polar surface area (TPSA) is 61.3 Å². The number of aromatic nitrogens is 2. The van der Waals surface area contributed by atoms with Crippen molar-refractivity contribution in [2.45, 2.75) is 23.4 Å². The standard InChI is InChI=1S/C14H16N2O3S2/c1-8(20-14-16-15-9(2)21-14)13(17)10-5-6-11(18-3)12(7-10)19-4/h5-8H,1-4H3. The fraction of sp³-hybridized carbons (Fsp3) is 0.357. The highest BCUT2D eigenvalue weighted by atomic mass is 32.2. The number of methoxy groups -OCH3 is 2. The molecule has 112 valence electrons. The summed E-state index contributed by atoms with van der Waals surface area (Å²) in [6.45, 7) is 3.75. The number of ether oxygens (including phenoxy) is 2. The summed E-state index contributed by atoms with van der Waals surface area (Å²) >= 11 is 2.90. The monoisotopic (exact) mass is 324 g/mol. The molecule has 21 heavy (non-hydrogen) atoms. The van der Waals surface area contributed by atoms with Crippen molar-refractivity contribution >= 4 is 28.9 Å². The van der Waals surface area contributed by atoms with Crippen LogP contribution < -0.4 is 9.47 Å². The number of hydrogen-bond donors (Lipinski definition) is 0. The lowest BCUT2D eigenvalue weighted by Gasteiger charge is -2.11. The lowest BCUT2D eigenvalue weighted by atomic mass is 10.1. The van der Waals surface area contributed by atoms with Crippen LogP contribution in [0, 0.1) is 6.92 Å². The third-order valence-corrected chi connectivity index (χ3v) is 4.85. The van der Waals surface area contributed by atoms with Gasteiger partial charge in [0, 0.05) is 5.56 Å². The van der Waals surface area contributed by atoms with Gasteiger partial charge in [-0.1, -0.05) is 23.1 Å². The molecular weight excluding hydrogens is 308 g/mol. The minimum Gasteiger partial charge on any atom is -0.493 e. The average Bonchev–Trinajstić information content (AvgIpc) is 2.90. The van der Waals surface area contributed by atoms with Gasteiger partial charge in [-0.15, -0.1) is 10.2 Å². The van der Waals surface area contributed by atoms with Crippen molar-refractivity contribution in [2.24, 2.45) is 0 Å². The van der Waals surface area contributed by atoms with E-state index >= 15 is 0 Å². The summed E-state index contributed by atoms with van der Waals surface area (Å²) in [6.07, 6.45) is 0. The molecule has 0 bridgehead atoms. The van der Waals surface area contributed by atoms with Crippen molar-refractivity contribution in [3.8, 4) is 11.5 Å². The fourth-order valence-corrected chi connectivity index (χ4v) is 3.79. The van der Waals surface area contributed by atoms with Gasteiger partial charge in [0.25, 0.3) is 0 Å². The molecule has 2 aromatic rings. The maximum Gasteiger partial charge on any atom is 0.176 e. The van der Waals surface area contributed by atoms with E-state index in [1.54, 1.807) is 32.4 Å². The summed E-state index contributed by atoms with van der Waals surface area (Å²) in [5.74, 6) is 1.18. The Morgan fingerprint density at radius 2 is 1.95 bits per heavy atom. The number of carbonyl (C=O) groups excluding carboxylic acids is 1. The molecular formula is C14H16N2O3S2. The average molecular weight is 324 g/mol. The Labute approximate surface area is 131 Å². The normalized spacial score (nSPS) is 12.0. The smallest absolute Gasteiger partial charge is 0.176 e. The molecule has 1 aromatic carbocycles. The second-order valence-electron chi connectivity index (χ2n) is 4.28. The van der Waals surface area contributed by atoms with Crippen molar-refractivity contribution in [1.82, 2.24) is 10.2 Å². The zero-order chi connectivity index (χ0) is 15.4. The molecule has 0 radical (unpaired) electrons. The molecule has 0 aliphatic carbocycles. The SMILES string of the molecule is COc1ccc(C(=O)C(C)Sc2nnc(C)s2)cc1OC. The lowest BCUT2D eigenvalue weighted by molar-refractivity contribution is 0.0993. The summed E-state index contributed by atoms with van der Waals surface area (Å²) in [7, 11) is 3.12. The highest BCUT2D eigenvalue weighted by Gasteiger charge is 2.20. The summed E-state index contributed by atoms with van der Waals surface area (Å²) in [6, 6.07) is 5.17. The van der Waals surface area contributed by atoms with E-state index in [2.05, 4.69) is 10.2 Å². The van der Waals surface area contributed by atoms with Gasteiger partial charge in [-0.25, -0.2) is 0 Å². The van der Waals surface area contributed by atoms with Gasteiger partial charge in [0.05, 0.1) is 19.5 Å². The molecule has 0 aliphatic rings. The first-order valence-electron chi connectivity index (χ1n) is 6.28. The fourth-order valence-electron chi connectivity index (χ4n) is 1.75. The van der Waals surface area contributed by atoms with Gasteiger partial charge in [-0.2, -0.15) is 0 Å². The molecule has 0 N–H and O–H groups in total. The van der Waals surface area contributed by atoms with Crippen LogP contribution in [0.1, 0.15) is 22.3 Å². The molecule has 0 amide bonds. The van der Waals surface area contributed by atoms with Gasteiger partial charge >= 0.3 is 0 Å². The van der Waals surface area contributed by atoms with E-state index in [0.717, 1.165) is 9.35 Å². The summed E-state index contributed by atoms with van der Waals surface area (Å²) in [5, 5.41) is 8.63. The molecule has 2 rings (SSSR count). The van der Waals surface area contributed by atoms with Crippen LogP contribution in [0.2, 0.25) is 0 Å². The number of carbonyl (C=O) groups is 1. The zero-order valence-electron chi connectivity index (χ0n) is 12.2. The molecule has 5 nitrogen and oxygen atoms in total. The summed E-state index contributed by atoms with van der Waals surface area (Å²) < 4.78 is 11.2. The van der Waals surface area contributed by atoms with Crippen molar-refractivity contribution in [3.05, 3.63) is 28.8 Å². The van der Waals surface area contributed by atoms with Crippen LogP contribution in [0.4, 0.5) is 0 Å². The van der Waals surface area contributed by atoms with Gasteiger partial charge in [0.15, 0.2) is 21.6 Å². The van der Waals surface area contributed by atoms with Gasteiger partial charge < -0.3 is 9.47 Å². The van der Waals surface area contributed by atoms with E-state index in [9.17, 15) is 4.79 Å². The molecule has 1 heterocycles. The van der Waals surface area contributed by atoms with Crippen molar-refractivity contribution < 1.29 is 14.3 Å². The highest BCUT2D eigenvalue weighted by molar-refractivity contribution is 8.02. The van der Waals surface area contributed by atoms with Crippen LogP contribution >= 0.6 is 23.1 Å². The second-order valence-corrected chi connectivity index (χ2v) is 7.05. The van der Waals surface area contributed by atoms with Crippen LogP contribution in [0.5, 0.6) is 11.5 Å². The second kappa shape index (κ2) is 6.91. The number of nitrogens with zero attached hydrogens (tertiary/aromatic N) is 2. The first kappa shape index (κ1) is 15.8. The lowest BCUT2D eigenvalue weighted by Crippen LogP contribution is -2.13. The maximum absolute atomic E-state index is 12.5. The van der Waals surface area contributed by atoms with E-state index in [4.69, 9.17) is 9.47 Å². The van der Waals surface area contributed by atoms with Crippen LogP contribution in [0.15, 0.2) is 22.5 Å². The number of thioether (sulfide) groups is 1. The Morgan fingerprint density at radius 1 is 1.24 bits per heavy atom. The van der Waals surface area contributed by atoms with Crippen LogP contribution in [-0.4, -0.2) is 35.5 Å². The predicted octanol–water partition coefficient (Wildman–Crippen LogP) is 3.23. The number of aryl methyl sites for hydroxylation is 1. The number of rotatable bonds is 6. The van der Waals surface area contributed by atoms with Crippen LogP contribution in [0.3, 0.4) is 0 Å². The van der Waals surface area contributed by atoms with Crippen molar-refractivity contribution in [2.75, 3.05) is 14.2 Å². The molecule has 0 spiro atoms. The molecule has 1 atom stereocenters. The van der Waals surface area contributed by atoms with E-state index in [-0.39, 0.29) is 11.0 Å². The molecule has 1 unspecified atom stereocenters. The number of hydrogen-bond acceptors (Lipinski definition) is 7. The molecule has 0 fully saturated rings. The van der Waals surface area contributed by atoms with E-state index in [1.165, 1.54) is 23.1 Å². The molecule has 0 saturated carbocycles. The molecule has 1 aromatic heterocycles. The Balaban J connectivity index is 2.15. The quantitative estimate of drug-likeness (QED) is 0.600. The molecule has 0 saturated heterocycles. The Bertz CT molecular complexity index is 643. The van der Waals surface area contributed by atoms with Gasteiger partial charge in [0.2, 0.25) is 0 Å². The summed E-state index contributed by atoms with van der Waals surface area (Å²) in [4.78, 5) is 12.5. The van der Waals surface area contributed by atoms with E-state index < -0.39 is 0 Å². The molecule has 0 aliphatic heterocycles. The van der Waals surface area contributed by atoms with E-state index in [1.807, 2.05) is 13.8 Å². The number of benzene rings is 1. The zero-order valence-corrected chi connectivity index (χ0v) is 13.9. The highest BCUT2D eigenvalue weighted by Crippen LogP contribution is 2.31. The third-order valence-electron chi connectivity index (χ3n) is 2.82. The largest absolute Gasteiger partial charge is 0.493 e. The number of ketones is 1. The molecule has 7 heteroatoms. The Kier molecular flexibility index (Phi) is 5.19. The minimum absolute atomic E-state index is 0.0220. The van der Waals surface area contributed by atoms with Crippen LogP contribution in [0.25, 0.3) is 0 Å². The van der Waals surface area contributed by atoms with Crippen molar-refractivity contribution in [3.63, 3.8) is 0 Å². The summed E-state index contributed by atoms with van der Waals surface area (Å²) in [5.41, 5.74) is 0.592. The van der Waals surface area contributed by atoms with Crippen LogP contribution in [-0.2, 0) is 0 Å². The predicted molar refractivity (Wildman–Crippen MR) is 83.8 cm³/mol. The first-order valence-corrected chi connectivity index (χ1v) is 7.97. The Morgan fingerprint density at radius 3 is 2.52 bits per heavy atom. The van der Waals surface area contributed by atoms with Gasteiger partial charge in [0.1, 0.15) is 5.01 Å². The van der Waals surface area contributed by atoms with Crippen molar-refractivity contribution in [1.29, 1.82) is 0 Å². The Hall–Kier alpha value is -1.60. The number of Topliss-reactive ketones (excluding diaryl/α,β-unsaturated/α-hetero) is 1. The van der Waals surface area contributed by atoms with Gasteiger partial charge in [-0.3, -0.25) is 4.79 Å². The maximum atomic E-state index is 12.5. The minimum atomic E-state index is -0.240. The first-order chi connectivity index (χ1) is 10.0. The van der Waals surface area contributed by atoms with E-state index in [0.29, 0.717) is 17.1 Å². The third kappa shape index (κ3) is 3.74.